The van der Waals surface area contributed by atoms with Gasteiger partial charge in [0.25, 0.3) is 17.7 Å². The summed E-state index contributed by atoms with van der Waals surface area (Å²) in [6, 6.07) is 5.48. The molecule has 7 nitrogen and oxygen atoms in total. The van der Waals surface area contributed by atoms with Crippen LogP contribution < -0.4 is 0 Å². The summed E-state index contributed by atoms with van der Waals surface area (Å²) in [6.45, 7) is 6.69. The zero-order valence-electron chi connectivity index (χ0n) is 17.9. The van der Waals surface area contributed by atoms with Crippen molar-refractivity contribution in [3.63, 3.8) is 0 Å². The van der Waals surface area contributed by atoms with Crippen LogP contribution in [0.3, 0.4) is 0 Å². The number of carbonyl (C=O) groups excluding carboxylic acids is 4. The van der Waals surface area contributed by atoms with Gasteiger partial charge in [-0.1, -0.05) is 38.8 Å². The van der Waals surface area contributed by atoms with Gasteiger partial charge in [-0.3, -0.25) is 19.3 Å². The molecule has 0 unspecified atom stereocenters. The van der Waals surface area contributed by atoms with E-state index in [0.29, 0.717) is 13.1 Å². The number of likely N-dealkylation sites (tertiary alicyclic amines) is 1. The Morgan fingerprint density at radius 3 is 1.97 bits per heavy atom. The molecule has 0 aromatic heterocycles. The fourth-order valence-electron chi connectivity index (χ4n) is 4.10. The number of nitrogens with zero attached hydrogens (tertiary/aromatic N) is 2. The van der Waals surface area contributed by atoms with Crippen molar-refractivity contribution in [2.75, 3.05) is 13.1 Å². The minimum absolute atomic E-state index is 0.0449. The van der Waals surface area contributed by atoms with Crippen molar-refractivity contribution >= 4 is 23.7 Å². The Kier molecular flexibility index (Phi) is 6.90. The Bertz CT molecular complexity index is 792. The summed E-state index contributed by atoms with van der Waals surface area (Å²) in [7, 11) is 0. The lowest BCUT2D eigenvalue weighted by atomic mass is 10.0. The molecular formula is C23H30N2O5. The van der Waals surface area contributed by atoms with Gasteiger partial charge in [-0.25, -0.2) is 4.79 Å². The van der Waals surface area contributed by atoms with E-state index in [1.807, 2.05) is 13.8 Å². The van der Waals surface area contributed by atoms with Gasteiger partial charge in [0.05, 0.1) is 11.1 Å². The molecule has 1 aromatic carbocycles. The number of esters is 1. The quantitative estimate of drug-likeness (QED) is 0.528. The SMILES string of the molecule is CC(C)C[C@@H](C(=O)O[C@@H](C)C(=O)N1CCCCCC1)N1C(=O)c2ccccc2C1=O. The standard InChI is InChI=1S/C23H30N2O5/c1-15(2)14-19(25-21(27)17-10-6-7-11-18(17)22(25)28)23(29)30-16(3)20(26)24-12-8-4-5-9-13-24/h6-7,10-11,15-16,19H,4-5,8-9,12-14H2,1-3H3/t16-,19-/m0/s1. The molecule has 0 spiro atoms. The summed E-state index contributed by atoms with van der Waals surface area (Å²) >= 11 is 0. The Hall–Kier alpha value is -2.70. The van der Waals surface area contributed by atoms with Gasteiger partial charge in [0.2, 0.25) is 0 Å². The number of ether oxygens (including phenoxy) is 1. The second-order valence-electron chi connectivity index (χ2n) is 8.49. The lowest BCUT2D eigenvalue weighted by molar-refractivity contribution is -0.162. The van der Waals surface area contributed by atoms with Crippen LogP contribution in [0.4, 0.5) is 0 Å². The summed E-state index contributed by atoms with van der Waals surface area (Å²) < 4.78 is 5.50. The van der Waals surface area contributed by atoms with Crippen LogP contribution in [0, 0.1) is 5.92 Å². The topological polar surface area (TPSA) is 84.0 Å². The van der Waals surface area contributed by atoms with Gasteiger partial charge >= 0.3 is 5.97 Å². The number of carbonyl (C=O) groups is 4. The zero-order valence-corrected chi connectivity index (χ0v) is 17.9. The maximum atomic E-state index is 13.0. The van der Waals surface area contributed by atoms with Crippen molar-refractivity contribution < 1.29 is 23.9 Å². The fourth-order valence-corrected chi connectivity index (χ4v) is 4.10. The number of hydrogen-bond acceptors (Lipinski definition) is 5. The first-order chi connectivity index (χ1) is 14.3. The number of rotatable bonds is 6. The third kappa shape index (κ3) is 4.55. The molecule has 3 amide bonds. The normalized spacial score (nSPS) is 18.8. The van der Waals surface area contributed by atoms with Crippen molar-refractivity contribution in [1.82, 2.24) is 9.80 Å². The summed E-state index contributed by atoms with van der Waals surface area (Å²) in [6.07, 6.45) is 3.38. The van der Waals surface area contributed by atoms with Crippen molar-refractivity contribution in [3.8, 4) is 0 Å². The van der Waals surface area contributed by atoms with Crippen LogP contribution in [0.2, 0.25) is 0 Å². The van der Waals surface area contributed by atoms with E-state index >= 15 is 0 Å². The molecule has 30 heavy (non-hydrogen) atoms. The highest BCUT2D eigenvalue weighted by Crippen LogP contribution is 2.27. The first-order valence-corrected chi connectivity index (χ1v) is 10.8. The fraction of sp³-hybridized carbons (Fsp3) is 0.565. The Labute approximate surface area is 177 Å². The van der Waals surface area contributed by atoms with Gasteiger partial charge < -0.3 is 9.64 Å². The van der Waals surface area contributed by atoms with Gasteiger partial charge in [0.1, 0.15) is 6.04 Å². The highest BCUT2D eigenvalue weighted by atomic mass is 16.5. The average Bonchev–Trinajstić information content (AvgIpc) is 2.89. The van der Waals surface area contributed by atoms with Crippen LogP contribution in [-0.2, 0) is 14.3 Å². The molecule has 2 aliphatic heterocycles. The molecule has 2 atom stereocenters. The molecule has 2 aliphatic rings. The van der Waals surface area contributed by atoms with Crippen LogP contribution in [0.25, 0.3) is 0 Å². The molecule has 3 rings (SSSR count). The largest absolute Gasteiger partial charge is 0.451 e. The van der Waals surface area contributed by atoms with E-state index < -0.39 is 29.9 Å². The van der Waals surface area contributed by atoms with Crippen LogP contribution in [0.1, 0.15) is 73.6 Å². The first-order valence-electron chi connectivity index (χ1n) is 10.8. The molecular weight excluding hydrogens is 384 g/mol. The van der Waals surface area contributed by atoms with Crippen LogP contribution >= 0.6 is 0 Å². The average molecular weight is 415 g/mol. The number of fused-ring (bicyclic) bond motifs is 1. The number of hydrogen-bond donors (Lipinski definition) is 0. The number of imide groups is 1. The molecule has 0 radical (unpaired) electrons. The maximum absolute atomic E-state index is 13.0. The molecule has 0 saturated carbocycles. The van der Waals surface area contributed by atoms with E-state index in [4.69, 9.17) is 4.74 Å². The molecule has 162 valence electrons. The van der Waals surface area contributed by atoms with Crippen molar-refractivity contribution in [1.29, 1.82) is 0 Å². The second-order valence-corrected chi connectivity index (χ2v) is 8.49. The third-order valence-corrected chi connectivity index (χ3v) is 5.66. The predicted octanol–water partition coefficient (Wildman–Crippen LogP) is 3.03. The Morgan fingerprint density at radius 2 is 1.47 bits per heavy atom. The lowest BCUT2D eigenvalue weighted by Crippen LogP contribution is -2.49. The van der Waals surface area contributed by atoms with Gasteiger partial charge in [0, 0.05) is 13.1 Å². The monoisotopic (exact) mass is 414 g/mol. The van der Waals surface area contributed by atoms with E-state index in [1.54, 1.807) is 36.1 Å². The van der Waals surface area contributed by atoms with E-state index in [1.165, 1.54) is 0 Å². The number of amides is 3. The van der Waals surface area contributed by atoms with Crippen molar-refractivity contribution in [2.45, 2.75) is 65.0 Å². The third-order valence-electron chi connectivity index (χ3n) is 5.66. The van der Waals surface area contributed by atoms with Gasteiger partial charge in [0.15, 0.2) is 6.10 Å². The highest BCUT2D eigenvalue weighted by molar-refractivity contribution is 6.22. The summed E-state index contributed by atoms with van der Waals surface area (Å²) in [5.74, 6) is -1.89. The van der Waals surface area contributed by atoms with E-state index in [9.17, 15) is 19.2 Å². The Morgan fingerprint density at radius 1 is 0.933 bits per heavy atom. The first kappa shape index (κ1) is 22.0. The summed E-state index contributed by atoms with van der Waals surface area (Å²) in [4.78, 5) is 54.3. The van der Waals surface area contributed by atoms with Gasteiger partial charge in [-0.15, -0.1) is 0 Å². The summed E-state index contributed by atoms with van der Waals surface area (Å²) in [5, 5.41) is 0. The molecule has 0 bridgehead atoms. The van der Waals surface area contributed by atoms with Gasteiger partial charge in [-0.2, -0.15) is 0 Å². The minimum Gasteiger partial charge on any atom is -0.451 e. The molecule has 1 aromatic rings. The maximum Gasteiger partial charge on any atom is 0.330 e. The molecule has 1 fully saturated rings. The minimum atomic E-state index is -1.06. The van der Waals surface area contributed by atoms with Crippen LogP contribution in [0.15, 0.2) is 24.3 Å². The van der Waals surface area contributed by atoms with Crippen molar-refractivity contribution in [2.24, 2.45) is 5.92 Å². The molecule has 1 saturated heterocycles. The predicted molar refractivity (Wildman–Crippen MR) is 111 cm³/mol. The van der Waals surface area contributed by atoms with Crippen molar-refractivity contribution in [3.05, 3.63) is 35.4 Å². The smallest absolute Gasteiger partial charge is 0.330 e. The summed E-state index contributed by atoms with van der Waals surface area (Å²) in [5.41, 5.74) is 0.579. The van der Waals surface area contributed by atoms with E-state index in [-0.39, 0.29) is 29.4 Å². The highest BCUT2D eigenvalue weighted by Gasteiger charge is 2.44. The van der Waals surface area contributed by atoms with Crippen LogP contribution in [0.5, 0.6) is 0 Å². The van der Waals surface area contributed by atoms with E-state index in [0.717, 1.165) is 30.6 Å². The second kappa shape index (κ2) is 9.41. The van der Waals surface area contributed by atoms with E-state index in [2.05, 4.69) is 0 Å². The molecule has 0 aliphatic carbocycles. The lowest BCUT2D eigenvalue weighted by Gasteiger charge is -2.29. The van der Waals surface area contributed by atoms with Gasteiger partial charge in [-0.05, 0) is 44.2 Å². The molecule has 2 heterocycles. The molecule has 0 N–H and O–H groups in total. The number of benzene rings is 1. The molecule has 7 heteroatoms. The van der Waals surface area contributed by atoms with Crippen LogP contribution in [-0.4, -0.2) is 58.7 Å². The Balaban J connectivity index is 1.75. The zero-order chi connectivity index (χ0) is 21.8.